The van der Waals surface area contributed by atoms with Crippen LogP contribution in [0.25, 0.3) is 11.3 Å². The van der Waals surface area contributed by atoms with E-state index in [9.17, 15) is 33.6 Å². The molecular formula is C46H54ClN11O8S. The Hall–Kier alpha value is -6.25. The number of hydrogen-bond donors (Lipinski definition) is 5. The topological polar surface area (TPSA) is 239 Å². The Labute approximate surface area is 396 Å². The third kappa shape index (κ3) is 11.8. The monoisotopic (exact) mass is 955 g/mol. The Bertz CT molecular complexity index is 2470. The summed E-state index contributed by atoms with van der Waals surface area (Å²) in [4.78, 5) is 102. The average Bonchev–Trinajstić information content (AvgIpc) is 3.86. The van der Waals surface area contributed by atoms with E-state index in [-0.39, 0.29) is 73.4 Å². The Morgan fingerprint density at radius 1 is 0.925 bits per heavy atom. The number of thiophene rings is 1. The highest BCUT2D eigenvalue weighted by molar-refractivity contribution is 7.14. The second-order valence-corrected chi connectivity index (χ2v) is 18.9. The highest BCUT2D eigenvalue weighted by Crippen LogP contribution is 2.37. The van der Waals surface area contributed by atoms with Gasteiger partial charge >= 0.3 is 6.09 Å². The van der Waals surface area contributed by atoms with E-state index < -0.39 is 35.8 Å². The predicted molar refractivity (Wildman–Crippen MR) is 247 cm³/mol. The highest BCUT2D eigenvalue weighted by Gasteiger charge is 2.46. The summed E-state index contributed by atoms with van der Waals surface area (Å²) in [6.45, 7) is 0.976. The lowest BCUT2D eigenvalue weighted by molar-refractivity contribution is -0.136. The molecule has 19 nitrogen and oxygen atoms in total. The molecule has 1 saturated heterocycles. The number of benzene rings is 1. The van der Waals surface area contributed by atoms with Gasteiger partial charge in [-0.1, -0.05) is 41.9 Å². The minimum absolute atomic E-state index is 0.0385. The van der Waals surface area contributed by atoms with Gasteiger partial charge in [0.25, 0.3) is 11.8 Å². The first-order valence-corrected chi connectivity index (χ1v) is 24.0. The third-order valence-electron chi connectivity index (χ3n) is 12.5. The lowest BCUT2D eigenvalue weighted by Crippen LogP contribution is -2.54. The van der Waals surface area contributed by atoms with Crippen LogP contribution in [0.3, 0.4) is 0 Å². The van der Waals surface area contributed by atoms with Gasteiger partial charge in [0, 0.05) is 48.2 Å². The maximum atomic E-state index is 13.6. The second kappa shape index (κ2) is 21.6. The summed E-state index contributed by atoms with van der Waals surface area (Å²) in [5, 5.41) is 19.4. The van der Waals surface area contributed by atoms with Crippen molar-refractivity contribution in [2.75, 3.05) is 31.5 Å². The van der Waals surface area contributed by atoms with Crippen LogP contribution in [0.5, 0.6) is 0 Å². The first-order chi connectivity index (χ1) is 32.4. The number of ether oxygens (including phenoxy) is 1. The molecule has 1 aromatic carbocycles. The maximum Gasteiger partial charge on any atom is 0.410 e. The van der Waals surface area contributed by atoms with Gasteiger partial charge in [-0.3, -0.25) is 48.6 Å². The van der Waals surface area contributed by atoms with Crippen molar-refractivity contribution >= 4 is 70.4 Å². The van der Waals surface area contributed by atoms with Gasteiger partial charge in [-0.05, 0) is 88.3 Å². The van der Waals surface area contributed by atoms with Crippen LogP contribution >= 0.6 is 22.9 Å². The number of hydrogen-bond acceptors (Lipinski definition) is 14. The van der Waals surface area contributed by atoms with Crippen LogP contribution in [0.15, 0.2) is 48.8 Å². The normalized spacial score (nSPS) is 19.2. The van der Waals surface area contributed by atoms with Crippen molar-refractivity contribution < 1.29 is 38.3 Å². The molecule has 1 unspecified atom stereocenters. The number of aromatic nitrogens is 4. The molecule has 354 valence electrons. The van der Waals surface area contributed by atoms with Gasteiger partial charge in [0.1, 0.15) is 24.1 Å². The lowest BCUT2D eigenvalue weighted by atomic mass is 9.90. The van der Waals surface area contributed by atoms with Crippen molar-refractivity contribution in [3.63, 3.8) is 0 Å². The first kappa shape index (κ1) is 47.3. The fourth-order valence-electron chi connectivity index (χ4n) is 8.64. The third-order valence-corrected chi connectivity index (χ3v) is 13.9. The first-order valence-electron chi connectivity index (χ1n) is 22.8. The van der Waals surface area contributed by atoms with Crippen molar-refractivity contribution in [1.29, 1.82) is 0 Å². The van der Waals surface area contributed by atoms with Crippen molar-refractivity contribution in [2.24, 2.45) is 13.0 Å². The zero-order valence-corrected chi connectivity index (χ0v) is 38.8. The van der Waals surface area contributed by atoms with E-state index in [2.05, 4.69) is 36.7 Å². The molecule has 5 N–H and O–H groups in total. The molecule has 3 fully saturated rings. The van der Waals surface area contributed by atoms with Gasteiger partial charge in [-0.15, -0.1) is 11.3 Å². The number of fused-ring (bicyclic) bond motifs is 1. The average molecular weight is 957 g/mol. The van der Waals surface area contributed by atoms with Crippen molar-refractivity contribution in [2.45, 2.75) is 102 Å². The van der Waals surface area contributed by atoms with E-state index in [0.29, 0.717) is 79.1 Å². The molecule has 67 heavy (non-hydrogen) atoms. The van der Waals surface area contributed by atoms with Gasteiger partial charge in [0.15, 0.2) is 0 Å². The summed E-state index contributed by atoms with van der Waals surface area (Å²) in [5.74, 6) is -1.72. The fraction of sp³-hybridized carbons (Fsp3) is 0.478. The molecule has 8 rings (SSSR count). The SMILES string of the molecule is Cn1ncc(-c2nc(NC3CCC(N(CC(=O)NCCCCNCC(=O)NCc4cc5c(s4)C(=O)N(C4CCC(=O)NC4=O)C5=O)C(=O)OCc4ccccc4)CC3)ncc2Cl)c1CC1CC1. The minimum atomic E-state index is -1.03. The highest BCUT2D eigenvalue weighted by atomic mass is 35.5. The Kier molecular flexibility index (Phi) is 15.2. The van der Waals surface area contributed by atoms with Gasteiger partial charge in [-0.2, -0.15) is 5.10 Å². The molecule has 2 aliphatic heterocycles. The van der Waals surface area contributed by atoms with Crippen LogP contribution < -0.4 is 26.6 Å². The van der Waals surface area contributed by atoms with Gasteiger partial charge < -0.3 is 26.0 Å². The minimum Gasteiger partial charge on any atom is -0.445 e. The Balaban J connectivity index is 0.755. The summed E-state index contributed by atoms with van der Waals surface area (Å²) in [6, 6.07) is 9.74. The molecule has 7 amide bonds. The number of rotatable bonds is 20. The molecule has 4 aliphatic rings. The predicted octanol–water partition coefficient (Wildman–Crippen LogP) is 4.11. The van der Waals surface area contributed by atoms with Gasteiger partial charge in [0.05, 0.1) is 41.8 Å². The Morgan fingerprint density at radius 2 is 1.70 bits per heavy atom. The molecule has 0 bridgehead atoms. The number of nitrogens with zero attached hydrogens (tertiary/aromatic N) is 6. The van der Waals surface area contributed by atoms with E-state index >= 15 is 0 Å². The lowest BCUT2D eigenvalue weighted by Gasteiger charge is -2.36. The number of halogens is 1. The number of anilines is 1. The zero-order valence-electron chi connectivity index (χ0n) is 37.2. The second-order valence-electron chi connectivity index (χ2n) is 17.4. The zero-order chi connectivity index (χ0) is 47.0. The van der Waals surface area contributed by atoms with Crippen LogP contribution in [0.2, 0.25) is 5.02 Å². The number of aryl methyl sites for hydroxylation is 1. The molecule has 0 spiro atoms. The van der Waals surface area contributed by atoms with E-state index in [1.54, 1.807) is 12.3 Å². The summed E-state index contributed by atoms with van der Waals surface area (Å²) in [6.07, 6.45) is 10.4. The van der Waals surface area contributed by atoms with E-state index in [0.717, 1.165) is 39.5 Å². The quantitative estimate of drug-likeness (QED) is 0.0620. The molecule has 21 heteroatoms. The number of nitrogens with one attached hydrogen (secondary N) is 5. The maximum absolute atomic E-state index is 13.6. The van der Waals surface area contributed by atoms with Gasteiger partial charge in [0.2, 0.25) is 29.6 Å². The number of carbonyl (C=O) groups is 7. The summed E-state index contributed by atoms with van der Waals surface area (Å²) < 4.78 is 7.61. The number of amides is 7. The van der Waals surface area contributed by atoms with E-state index in [1.807, 2.05) is 48.3 Å². The number of carbonyl (C=O) groups excluding carboxylic acids is 7. The number of piperidine rings is 1. The van der Waals surface area contributed by atoms with E-state index in [1.165, 1.54) is 17.7 Å². The molecule has 2 saturated carbocycles. The molecule has 0 radical (unpaired) electrons. The van der Waals surface area contributed by atoms with Crippen LogP contribution in [0, 0.1) is 5.92 Å². The summed E-state index contributed by atoms with van der Waals surface area (Å²) >= 11 is 7.70. The fourth-order valence-corrected chi connectivity index (χ4v) is 9.85. The molecule has 1 atom stereocenters. The summed E-state index contributed by atoms with van der Waals surface area (Å²) in [7, 11) is 1.94. The van der Waals surface area contributed by atoms with Crippen molar-refractivity contribution in [3.05, 3.63) is 80.4 Å². The number of imide groups is 2. The molecule has 5 heterocycles. The van der Waals surface area contributed by atoms with Crippen LogP contribution in [0.4, 0.5) is 10.7 Å². The van der Waals surface area contributed by atoms with Crippen LogP contribution in [-0.2, 0) is 50.5 Å². The molecule has 4 aromatic rings. The molecule has 3 aromatic heterocycles. The van der Waals surface area contributed by atoms with Crippen LogP contribution in [0.1, 0.15) is 100 Å². The van der Waals surface area contributed by atoms with Crippen molar-refractivity contribution in [1.82, 2.24) is 50.8 Å². The van der Waals surface area contributed by atoms with Crippen LogP contribution in [-0.4, -0.2) is 115 Å². The largest absolute Gasteiger partial charge is 0.445 e. The summed E-state index contributed by atoms with van der Waals surface area (Å²) in [5.41, 5.74) is 3.69. The number of unbranched alkanes of at least 4 members (excludes halogenated alkanes) is 1. The van der Waals surface area contributed by atoms with Gasteiger partial charge in [-0.25, -0.2) is 14.8 Å². The smallest absolute Gasteiger partial charge is 0.410 e. The van der Waals surface area contributed by atoms with E-state index in [4.69, 9.17) is 21.3 Å². The molecule has 2 aliphatic carbocycles. The standard InChI is InChI=1S/C46H54ClN11O8S/c1-56-36(19-27-9-10-27)33(22-52-56)40-34(47)23-51-45(55-40)53-29-11-13-30(14-12-29)57(46(65)66-26-28-7-3-2-4-8-28)25-39(61)49-18-6-5-17-48-24-38(60)50-21-31-20-32-41(67-31)44(64)58(43(32)63)35-15-16-37(59)54-42(35)62/h2-4,7-8,20,22-23,27,29-30,35,48H,5-6,9-19,21,24-26H2,1H3,(H,49,61)(H,50,60)(H,51,53,55)(H,54,59,62). The molecular weight excluding hydrogens is 902 g/mol. The van der Waals surface area contributed by atoms with Crippen molar-refractivity contribution in [3.8, 4) is 11.3 Å². The Morgan fingerprint density at radius 3 is 2.45 bits per heavy atom.